The zero-order chi connectivity index (χ0) is 18.9. The van der Waals surface area contributed by atoms with Gasteiger partial charge in [-0.05, 0) is 44.2 Å². The third kappa shape index (κ3) is 11.1. The zero-order valence-corrected chi connectivity index (χ0v) is 16.7. The largest absolute Gasteiger partial charge is 0.507 e. The third-order valence-electron chi connectivity index (χ3n) is 4.87. The number of unbranched alkanes of at least 4 members (excludes halogenated alkanes) is 11. The molecule has 0 saturated carbocycles. The van der Waals surface area contributed by atoms with Gasteiger partial charge in [-0.3, -0.25) is 4.79 Å². The molecule has 0 radical (unpaired) electrons. The number of hydrogen-bond donors (Lipinski definition) is 1. The number of Topliss-reactive ketones (excluding diaryl/α,β-unsaturated/α-hetero) is 1. The topological polar surface area (TPSA) is 37.3 Å². The van der Waals surface area contributed by atoms with E-state index in [4.69, 9.17) is 0 Å². The Morgan fingerprint density at radius 1 is 0.808 bits per heavy atom. The number of carbonyl (C=O) groups excluding carboxylic acids is 1. The molecule has 0 aromatic heterocycles. The van der Waals surface area contributed by atoms with Gasteiger partial charge in [0, 0.05) is 6.42 Å². The van der Waals surface area contributed by atoms with Crippen LogP contribution in [0.25, 0.3) is 0 Å². The van der Waals surface area contributed by atoms with Crippen molar-refractivity contribution >= 4 is 5.78 Å². The number of phenols is 1. The molecule has 0 bridgehead atoms. The summed E-state index contributed by atoms with van der Waals surface area (Å²) in [6.07, 6.45) is 21.6. The van der Waals surface area contributed by atoms with Crippen LogP contribution >= 0.6 is 0 Å². The van der Waals surface area contributed by atoms with Gasteiger partial charge in [-0.2, -0.15) is 0 Å². The monoisotopic (exact) mass is 358 g/mol. The average Bonchev–Trinajstić information content (AvgIpc) is 2.65. The van der Waals surface area contributed by atoms with Gasteiger partial charge in [0.2, 0.25) is 0 Å². The fourth-order valence-corrected chi connectivity index (χ4v) is 3.20. The highest BCUT2D eigenvalue weighted by Crippen LogP contribution is 2.19. The third-order valence-corrected chi connectivity index (χ3v) is 4.87. The lowest BCUT2D eigenvalue weighted by Gasteiger charge is -2.03. The first kappa shape index (κ1) is 22.5. The maximum Gasteiger partial charge on any atom is 0.166 e. The predicted octanol–water partition coefficient (Wildman–Crippen LogP) is 7.61. The molecule has 0 aliphatic carbocycles. The predicted molar refractivity (Wildman–Crippen MR) is 112 cm³/mol. The molecule has 1 N–H and O–H groups in total. The van der Waals surface area contributed by atoms with Crippen molar-refractivity contribution in [3.63, 3.8) is 0 Å². The molecule has 0 unspecified atom stereocenters. The maximum atomic E-state index is 12.0. The van der Waals surface area contributed by atoms with Gasteiger partial charge in [-0.15, -0.1) is 0 Å². The summed E-state index contributed by atoms with van der Waals surface area (Å²) in [6, 6.07) is 6.82. The second-order valence-corrected chi connectivity index (χ2v) is 7.27. The standard InChI is InChI=1S/C24H38O2/c1-2-3-4-5-6-7-8-9-10-11-12-13-14-15-16-20-23(25)22-19-17-18-21-24(22)26/h9-10,17-19,21,26H,2-8,11-16,20H2,1H3. The summed E-state index contributed by atoms with van der Waals surface area (Å²) in [5.74, 6) is 0.158. The van der Waals surface area contributed by atoms with Crippen molar-refractivity contribution in [3.05, 3.63) is 42.0 Å². The molecule has 1 aromatic rings. The summed E-state index contributed by atoms with van der Waals surface area (Å²) < 4.78 is 0. The highest BCUT2D eigenvalue weighted by atomic mass is 16.3. The summed E-state index contributed by atoms with van der Waals surface area (Å²) in [7, 11) is 0. The fourth-order valence-electron chi connectivity index (χ4n) is 3.20. The van der Waals surface area contributed by atoms with Crippen LogP contribution in [-0.2, 0) is 0 Å². The first-order valence-corrected chi connectivity index (χ1v) is 10.7. The molecule has 0 aliphatic heterocycles. The van der Waals surface area contributed by atoms with E-state index in [1.165, 1.54) is 70.6 Å². The SMILES string of the molecule is CCCCCCCCC=CCCCCCCCC(=O)c1ccccc1O. The molecule has 0 saturated heterocycles. The van der Waals surface area contributed by atoms with Gasteiger partial charge in [0.1, 0.15) is 5.75 Å². The summed E-state index contributed by atoms with van der Waals surface area (Å²) in [5, 5.41) is 9.68. The lowest BCUT2D eigenvalue weighted by molar-refractivity contribution is 0.0976. The zero-order valence-electron chi connectivity index (χ0n) is 16.7. The number of hydrogen-bond acceptors (Lipinski definition) is 2. The molecular formula is C24H38O2. The van der Waals surface area contributed by atoms with Crippen LogP contribution in [0.2, 0.25) is 0 Å². The van der Waals surface area contributed by atoms with Crippen LogP contribution in [0.4, 0.5) is 0 Å². The molecular weight excluding hydrogens is 320 g/mol. The lowest BCUT2D eigenvalue weighted by Crippen LogP contribution is -1.99. The van der Waals surface area contributed by atoms with Gasteiger partial charge >= 0.3 is 0 Å². The van der Waals surface area contributed by atoms with E-state index < -0.39 is 0 Å². The van der Waals surface area contributed by atoms with Crippen LogP contribution in [0.3, 0.4) is 0 Å². The van der Waals surface area contributed by atoms with Crippen LogP contribution in [0, 0.1) is 0 Å². The maximum absolute atomic E-state index is 12.0. The molecule has 2 heteroatoms. The van der Waals surface area contributed by atoms with Crippen LogP contribution in [0.15, 0.2) is 36.4 Å². The first-order valence-electron chi connectivity index (χ1n) is 10.7. The minimum Gasteiger partial charge on any atom is -0.507 e. The summed E-state index contributed by atoms with van der Waals surface area (Å²) >= 11 is 0. The van der Waals surface area contributed by atoms with E-state index in [2.05, 4.69) is 19.1 Å². The smallest absolute Gasteiger partial charge is 0.166 e. The van der Waals surface area contributed by atoms with E-state index >= 15 is 0 Å². The Hall–Kier alpha value is -1.57. The molecule has 0 aliphatic rings. The highest BCUT2D eigenvalue weighted by molar-refractivity contribution is 5.98. The molecule has 2 nitrogen and oxygen atoms in total. The number of aromatic hydroxyl groups is 1. The number of allylic oxidation sites excluding steroid dienone is 2. The lowest BCUT2D eigenvalue weighted by atomic mass is 10.0. The Morgan fingerprint density at radius 2 is 1.35 bits per heavy atom. The minimum atomic E-state index is 0.0562. The molecule has 0 amide bonds. The van der Waals surface area contributed by atoms with Crippen molar-refractivity contribution in [2.45, 2.75) is 96.8 Å². The van der Waals surface area contributed by atoms with E-state index in [0.29, 0.717) is 12.0 Å². The Bertz CT molecular complexity index is 505. The molecule has 0 spiro atoms. The minimum absolute atomic E-state index is 0.0562. The number of phenolic OH excluding ortho intramolecular Hbond substituents is 1. The van der Waals surface area contributed by atoms with Gasteiger partial charge < -0.3 is 5.11 Å². The number of rotatable bonds is 16. The Labute approximate surface area is 160 Å². The Balaban J connectivity index is 1.90. The molecule has 0 heterocycles. The molecule has 1 aromatic carbocycles. The van der Waals surface area contributed by atoms with Crippen LogP contribution in [0.1, 0.15) is 107 Å². The van der Waals surface area contributed by atoms with E-state index in [-0.39, 0.29) is 11.5 Å². The Kier molecular flexibility index (Phi) is 13.5. The quantitative estimate of drug-likeness (QED) is 0.187. The number of ketones is 1. The first-order chi connectivity index (χ1) is 12.8. The van der Waals surface area contributed by atoms with E-state index in [9.17, 15) is 9.90 Å². The van der Waals surface area contributed by atoms with Gasteiger partial charge in [0.15, 0.2) is 5.78 Å². The second kappa shape index (κ2) is 15.7. The van der Waals surface area contributed by atoms with Crippen molar-refractivity contribution in [2.75, 3.05) is 0 Å². The van der Waals surface area contributed by atoms with Crippen molar-refractivity contribution in [1.82, 2.24) is 0 Å². The summed E-state index contributed by atoms with van der Waals surface area (Å²) in [5.41, 5.74) is 0.461. The fraction of sp³-hybridized carbons (Fsp3) is 0.625. The highest BCUT2D eigenvalue weighted by Gasteiger charge is 2.09. The molecule has 0 atom stereocenters. The van der Waals surface area contributed by atoms with Crippen LogP contribution in [-0.4, -0.2) is 10.9 Å². The van der Waals surface area contributed by atoms with Crippen LogP contribution in [0.5, 0.6) is 5.75 Å². The normalized spacial score (nSPS) is 11.3. The Morgan fingerprint density at radius 3 is 1.96 bits per heavy atom. The van der Waals surface area contributed by atoms with Gasteiger partial charge in [-0.1, -0.05) is 82.6 Å². The van der Waals surface area contributed by atoms with Crippen molar-refractivity contribution in [3.8, 4) is 5.75 Å². The molecule has 1 rings (SSSR count). The van der Waals surface area contributed by atoms with E-state index in [1.54, 1.807) is 24.3 Å². The second-order valence-electron chi connectivity index (χ2n) is 7.27. The van der Waals surface area contributed by atoms with Crippen molar-refractivity contribution in [1.29, 1.82) is 0 Å². The number of carbonyl (C=O) groups is 1. The molecule has 146 valence electrons. The molecule has 0 fully saturated rings. The van der Waals surface area contributed by atoms with Crippen molar-refractivity contribution < 1.29 is 9.90 Å². The summed E-state index contributed by atoms with van der Waals surface area (Å²) in [4.78, 5) is 12.0. The van der Waals surface area contributed by atoms with E-state index in [1.807, 2.05) is 0 Å². The van der Waals surface area contributed by atoms with Gasteiger partial charge in [0.25, 0.3) is 0 Å². The van der Waals surface area contributed by atoms with Crippen molar-refractivity contribution in [2.24, 2.45) is 0 Å². The summed E-state index contributed by atoms with van der Waals surface area (Å²) in [6.45, 7) is 2.26. The average molecular weight is 359 g/mol. The van der Waals surface area contributed by atoms with Gasteiger partial charge in [-0.25, -0.2) is 0 Å². The number of para-hydroxylation sites is 1. The van der Waals surface area contributed by atoms with Gasteiger partial charge in [0.05, 0.1) is 5.56 Å². The molecule has 26 heavy (non-hydrogen) atoms. The van der Waals surface area contributed by atoms with Crippen LogP contribution < -0.4 is 0 Å². The number of benzene rings is 1. The van der Waals surface area contributed by atoms with E-state index in [0.717, 1.165) is 12.8 Å².